The molecule has 1 amide bonds. The number of benzene rings is 2. The number of halogens is 3. The van der Waals surface area contributed by atoms with Crippen molar-refractivity contribution in [2.24, 2.45) is 0 Å². The summed E-state index contributed by atoms with van der Waals surface area (Å²) in [5.74, 6) is -1.27. The van der Waals surface area contributed by atoms with Gasteiger partial charge in [-0.05, 0) is 48.7 Å². The van der Waals surface area contributed by atoms with Crippen LogP contribution in [0.25, 0.3) is 0 Å². The Bertz CT molecular complexity index is 781. The standard InChI is InChI=1S/C19H18Cl2FNO3/c1-12(19(25)23-9-8-13-2-6-16(22)7-3-13)26-18(24)10-14-4-5-15(20)11-17(14)21/h2-7,11-12H,8-10H2,1H3,(H,23,25). The number of esters is 1. The minimum atomic E-state index is -0.929. The first-order chi connectivity index (χ1) is 12.3. The molecule has 7 heteroatoms. The van der Waals surface area contributed by atoms with Crippen molar-refractivity contribution in [1.82, 2.24) is 5.32 Å². The molecule has 0 radical (unpaired) electrons. The van der Waals surface area contributed by atoms with Gasteiger partial charge in [-0.2, -0.15) is 0 Å². The highest BCUT2D eigenvalue weighted by Gasteiger charge is 2.18. The van der Waals surface area contributed by atoms with Crippen LogP contribution in [0, 0.1) is 5.82 Å². The van der Waals surface area contributed by atoms with E-state index in [1.807, 2.05) is 0 Å². The topological polar surface area (TPSA) is 55.4 Å². The van der Waals surface area contributed by atoms with E-state index in [9.17, 15) is 14.0 Å². The van der Waals surface area contributed by atoms with Crippen LogP contribution in [0.3, 0.4) is 0 Å². The molecule has 26 heavy (non-hydrogen) atoms. The molecule has 2 aromatic rings. The molecular weight excluding hydrogens is 380 g/mol. The van der Waals surface area contributed by atoms with Crippen molar-refractivity contribution < 1.29 is 18.7 Å². The van der Waals surface area contributed by atoms with Crippen molar-refractivity contribution >= 4 is 35.1 Å². The molecule has 0 saturated carbocycles. The van der Waals surface area contributed by atoms with Crippen molar-refractivity contribution in [1.29, 1.82) is 0 Å². The van der Waals surface area contributed by atoms with E-state index in [1.54, 1.807) is 24.3 Å². The molecule has 2 rings (SSSR count). The minimum Gasteiger partial charge on any atom is -0.452 e. The Morgan fingerprint density at radius 1 is 1.15 bits per heavy atom. The van der Waals surface area contributed by atoms with E-state index in [-0.39, 0.29) is 12.2 Å². The van der Waals surface area contributed by atoms with Gasteiger partial charge in [-0.3, -0.25) is 9.59 Å². The maximum Gasteiger partial charge on any atom is 0.311 e. The summed E-state index contributed by atoms with van der Waals surface area (Å²) in [6.45, 7) is 1.85. The quantitative estimate of drug-likeness (QED) is 0.719. The van der Waals surface area contributed by atoms with Gasteiger partial charge >= 0.3 is 5.97 Å². The number of nitrogens with one attached hydrogen (secondary N) is 1. The van der Waals surface area contributed by atoms with Crippen molar-refractivity contribution in [3.8, 4) is 0 Å². The van der Waals surface area contributed by atoms with Gasteiger partial charge in [-0.1, -0.05) is 41.4 Å². The molecular formula is C19H18Cl2FNO3. The Hall–Kier alpha value is -2.11. The first-order valence-corrected chi connectivity index (χ1v) is 8.76. The third-order valence-corrected chi connectivity index (χ3v) is 4.24. The maximum atomic E-state index is 12.8. The molecule has 0 spiro atoms. The second kappa shape index (κ2) is 9.55. The summed E-state index contributed by atoms with van der Waals surface area (Å²) in [6.07, 6.45) is -0.433. The summed E-state index contributed by atoms with van der Waals surface area (Å²) in [5.41, 5.74) is 1.47. The zero-order chi connectivity index (χ0) is 19.1. The zero-order valence-electron chi connectivity index (χ0n) is 14.1. The van der Waals surface area contributed by atoms with E-state index in [1.165, 1.54) is 25.1 Å². The van der Waals surface area contributed by atoms with Crippen molar-refractivity contribution in [2.45, 2.75) is 25.9 Å². The Balaban J connectivity index is 1.76. The van der Waals surface area contributed by atoms with E-state index in [4.69, 9.17) is 27.9 Å². The molecule has 1 N–H and O–H groups in total. The van der Waals surface area contributed by atoms with Gasteiger partial charge in [0.05, 0.1) is 6.42 Å². The molecule has 1 unspecified atom stereocenters. The van der Waals surface area contributed by atoms with Crippen LogP contribution in [0.1, 0.15) is 18.1 Å². The first kappa shape index (κ1) is 20.2. The van der Waals surface area contributed by atoms with Gasteiger partial charge in [0.2, 0.25) is 0 Å². The molecule has 138 valence electrons. The largest absolute Gasteiger partial charge is 0.452 e. The van der Waals surface area contributed by atoms with Crippen LogP contribution >= 0.6 is 23.2 Å². The Morgan fingerprint density at radius 2 is 1.85 bits per heavy atom. The third-order valence-electron chi connectivity index (χ3n) is 3.65. The van der Waals surface area contributed by atoms with Gasteiger partial charge < -0.3 is 10.1 Å². The van der Waals surface area contributed by atoms with Crippen LogP contribution in [0.15, 0.2) is 42.5 Å². The third kappa shape index (κ3) is 6.32. The van der Waals surface area contributed by atoms with Gasteiger partial charge in [0.15, 0.2) is 6.10 Å². The van der Waals surface area contributed by atoms with E-state index in [0.717, 1.165) is 5.56 Å². The van der Waals surface area contributed by atoms with Crippen LogP contribution in [-0.2, 0) is 27.2 Å². The summed E-state index contributed by atoms with van der Waals surface area (Å²) < 4.78 is 18.0. The van der Waals surface area contributed by atoms with Gasteiger partial charge in [0.1, 0.15) is 5.82 Å². The highest BCUT2D eigenvalue weighted by molar-refractivity contribution is 6.35. The van der Waals surface area contributed by atoms with Gasteiger partial charge in [0, 0.05) is 16.6 Å². The van der Waals surface area contributed by atoms with Gasteiger partial charge in [-0.15, -0.1) is 0 Å². The SMILES string of the molecule is CC(OC(=O)Cc1ccc(Cl)cc1Cl)C(=O)NCCc1ccc(F)cc1. The number of hydrogen-bond donors (Lipinski definition) is 1. The molecule has 0 aliphatic heterocycles. The highest BCUT2D eigenvalue weighted by Crippen LogP contribution is 2.21. The molecule has 0 bridgehead atoms. The van der Waals surface area contributed by atoms with Crippen molar-refractivity contribution in [2.75, 3.05) is 6.54 Å². The monoisotopic (exact) mass is 397 g/mol. The molecule has 0 heterocycles. The normalized spacial score (nSPS) is 11.7. The second-order valence-electron chi connectivity index (χ2n) is 5.71. The fourth-order valence-electron chi connectivity index (χ4n) is 2.24. The van der Waals surface area contributed by atoms with E-state index in [2.05, 4.69) is 5.32 Å². The minimum absolute atomic E-state index is 0.0524. The Kier molecular flexibility index (Phi) is 7.42. The zero-order valence-corrected chi connectivity index (χ0v) is 15.6. The fraction of sp³-hybridized carbons (Fsp3) is 0.263. The lowest BCUT2D eigenvalue weighted by molar-refractivity contribution is -0.154. The number of rotatable bonds is 7. The summed E-state index contributed by atoms with van der Waals surface area (Å²) >= 11 is 11.8. The lowest BCUT2D eigenvalue weighted by atomic mass is 10.1. The fourth-order valence-corrected chi connectivity index (χ4v) is 2.71. The molecule has 2 aromatic carbocycles. The van der Waals surface area contributed by atoms with Gasteiger partial charge in [0.25, 0.3) is 5.91 Å². The Labute approximate surface area is 161 Å². The lowest BCUT2D eigenvalue weighted by Crippen LogP contribution is -2.37. The molecule has 0 aromatic heterocycles. The summed E-state index contributed by atoms with van der Waals surface area (Å²) in [4.78, 5) is 24.0. The summed E-state index contributed by atoms with van der Waals surface area (Å²) in [7, 11) is 0. The van der Waals surface area contributed by atoms with Crippen LogP contribution in [0.2, 0.25) is 10.0 Å². The molecule has 4 nitrogen and oxygen atoms in total. The second-order valence-corrected chi connectivity index (χ2v) is 6.56. The number of ether oxygens (including phenoxy) is 1. The van der Waals surface area contributed by atoms with E-state index >= 15 is 0 Å². The molecule has 0 aliphatic rings. The lowest BCUT2D eigenvalue weighted by Gasteiger charge is -2.14. The average Bonchev–Trinajstić information content (AvgIpc) is 2.59. The number of hydrogen-bond acceptors (Lipinski definition) is 3. The first-order valence-electron chi connectivity index (χ1n) is 8.00. The predicted octanol–water partition coefficient (Wildman–Crippen LogP) is 3.97. The van der Waals surface area contributed by atoms with Crippen LogP contribution in [-0.4, -0.2) is 24.5 Å². The summed E-state index contributed by atoms with van der Waals surface area (Å²) in [5, 5.41) is 3.52. The molecule has 1 atom stereocenters. The van der Waals surface area contributed by atoms with Crippen molar-refractivity contribution in [3.05, 3.63) is 69.5 Å². The smallest absolute Gasteiger partial charge is 0.311 e. The van der Waals surface area contributed by atoms with E-state index in [0.29, 0.717) is 28.6 Å². The molecule has 0 aliphatic carbocycles. The molecule has 0 saturated heterocycles. The maximum absolute atomic E-state index is 12.8. The number of carbonyl (C=O) groups excluding carboxylic acids is 2. The predicted molar refractivity (Wildman–Crippen MR) is 98.8 cm³/mol. The van der Waals surface area contributed by atoms with Crippen molar-refractivity contribution in [3.63, 3.8) is 0 Å². The Morgan fingerprint density at radius 3 is 2.50 bits per heavy atom. The average molecular weight is 398 g/mol. The van der Waals surface area contributed by atoms with Crippen LogP contribution < -0.4 is 5.32 Å². The van der Waals surface area contributed by atoms with Crippen LogP contribution in [0.5, 0.6) is 0 Å². The van der Waals surface area contributed by atoms with Gasteiger partial charge in [-0.25, -0.2) is 4.39 Å². The highest BCUT2D eigenvalue weighted by atomic mass is 35.5. The summed E-state index contributed by atoms with van der Waals surface area (Å²) in [6, 6.07) is 10.8. The number of carbonyl (C=O) groups is 2. The molecule has 0 fully saturated rings. The van der Waals surface area contributed by atoms with E-state index < -0.39 is 18.0 Å². The van der Waals surface area contributed by atoms with Crippen LogP contribution in [0.4, 0.5) is 4.39 Å². The number of amides is 1.